The normalized spacial score (nSPS) is 18.3. The van der Waals surface area contributed by atoms with Crippen molar-refractivity contribution < 1.29 is 14.6 Å². The van der Waals surface area contributed by atoms with Gasteiger partial charge in [0.2, 0.25) is 5.91 Å². The Morgan fingerprint density at radius 3 is 2.43 bits per heavy atom. The van der Waals surface area contributed by atoms with Crippen LogP contribution in [0.3, 0.4) is 0 Å². The standard InChI is InChI=1S/C26H35NO3/c1-21(19-30-20-23-11-6-3-7-12-23)17-24(15-14-22-9-4-2-5-10-22)26(29)27-16-8-13-25(27)18-28/h2-7,9-12,21,24-25,28H,8,13-20H2,1H3/t21-,24-,25+/m1/s1. The largest absolute Gasteiger partial charge is 0.394 e. The summed E-state index contributed by atoms with van der Waals surface area (Å²) in [5.41, 5.74) is 2.44. The van der Waals surface area contributed by atoms with E-state index in [1.807, 2.05) is 29.2 Å². The average molecular weight is 410 g/mol. The van der Waals surface area contributed by atoms with Gasteiger partial charge in [-0.05, 0) is 49.1 Å². The molecule has 0 saturated carbocycles. The molecule has 0 aliphatic carbocycles. The maximum atomic E-state index is 13.3. The van der Waals surface area contributed by atoms with E-state index in [0.717, 1.165) is 38.6 Å². The molecule has 1 aliphatic heterocycles. The van der Waals surface area contributed by atoms with Gasteiger partial charge >= 0.3 is 0 Å². The highest BCUT2D eigenvalue weighted by atomic mass is 16.5. The Kier molecular flexibility index (Phi) is 8.91. The molecule has 0 aromatic heterocycles. The second kappa shape index (κ2) is 11.9. The van der Waals surface area contributed by atoms with E-state index in [9.17, 15) is 9.90 Å². The van der Waals surface area contributed by atoms with Crippen LogP contribution >= 0.6 is 0 Å². The summed E-state index contributed by atoms with van der Waals surface area (Å²) in [5, 5.41) is 9.67. The van der Waals surface area contributed by atoms with E-state index in [0.29, 0.717) is 19.1 Å². The fraction of sp³-hybridized carbons (Fsp3) is 0.500. The number of benzene rings is 2. The third-order valence-electron chi connectivity index (χ3n) is 6.05. The molecule has 30 heavy (non-hydrogen) atoms. The van der Waals surface area contributed by atoms with Crippen molar-refractivity contribution in [3.05, 3.63) is 71.8 Å². The van der Waals surface area contributed by atoms with Crippen molar-refractivity contribution in [1.29, 1.82) is 0 Å². The summed E-state index contributed by atoms with van der Waals surface area (Å²) in [5.74, 6) is 0.471. The van der Waals surface area contributed by atoms with E-state index in [-0.39, 0.29) is 24.5 Å². The Morgan fingerprint density at radius 2 is 1.77 bits per heavy atom. The number of rotatable bonds is 11. The molecule has 3 rings (SSSR count). The van der Waals surface area contributed by atoms with E-state index in [1.54, 1.807) is 0 Å². The lowest BCUT2D eigenvalue weighted by Gasteiger charge is -2.29. The molecule has 1 heterocycles. The van der Waals surface area contributed by atoms with Gasteiger partial charge < -0.3 is 14.7 Å². The fourth-order valence-corrected chi connectivity index (χ4v) is 4.38. The van der Waals surface area contributed by atoms with Crippen molar-refractivity contribution in [3.8, 4) is 0 Å². The van der Waals surface area contributed by atoms with E-state index < -0.39 is 0 Å². The van der Waals surface area contributed by atoms with Gasteiger partial charge in [-0.3, -0.25) is 4.79 Å². The van der Waals surface area contributed by atoms with E-state index in [2.05, 4.69) is 43.3 Å². The molecular formula is C26H35NO3. The highest BCUT2D eigenvalue weighted by Crippen LogP contribution is 2.26. The number of hydrogen-bond acceptors (Lipinski definition) is 3. The molecule has 0 unspecified atom stereocenters. The summed E-state index contributed by atoms with van der Waals surface area (Å²) in [7, 11) is 0. The highest BCUT2D eigenvalue weighted by molar-refractivity contribution is 5.79. The third kappa shape index (κ3) is 6.68. The molecule has 162 valence electrons. The monoisotopic (exact) mass is 409 g/mol. The zero-order valence-corrected chi connectivity index (χ0v) is 18.1. The molecule has 1 N–H and O–H groups in total. The number of carbonyl (C=O) groups is 1. The SMILES string of the molecule is C[C@@H](COCc1ccccc1)C[C@@H](CCc1ccccc1)C(=O)N1CCC[C@H]1CO. The van der Waals surface area contributed by atoms with Gasteiger partial charge in [0.1, 0.15) is 0 Å². The molecule has 3 atom stereocenters. The van der Waals surface area contributed by atoms with Crippen LogP contribution in [0.5, 0.6) is 0 Å². The minimum Gasteiger partial charge on any atom is -0.394 e. The van der Waals surface area contributed by atoms with Gasteiger partial charge in [-0.15, -0.1) is 0 Å². The second-order valence-electron chi connectivity index (χ2n) is 8.57. The molecule has 0 radical (unpaired) electrons. The van der Waals surface area contributed by atoms with Crippen LogP contribution in [0.25, 0.3) is 0 Å². The van der Waals surface area contributed by atoms with E-state index >= 15 is 0 Å². The van der Waals surface area contributed by atoms with Gasteiger partial charge in [0.15, 0.2) is 0 Å². The van der Waals surface area contributed by atoms with Crippen molar-refractivity contribution in [2.45, 2.75) is 51.7 Å². The Bertz CT molecular complexity index is 749. The molecule has 4 heteroatoms. The van der Waals surface area contributed by atoms with Crippen LogP contribution in [0.1, 0.15) is 43.7 Å². The van der Waals surface area contributed by atoms with Crippen LogP contribution in [-0.2, 0) is 22.6 Å². The van der Waals surface area contributed by atoms with E-state index in [4.69, 9.17) is 4.74 Å². The summed E-state index contributed by atoms with van der Waals surface area (Å²) < 4.78 is 5.93. The van der Waals surface area contributed by atoms with Crippen LogP contribution in [0.15, 0.2) is 60.7 Å². The molecule has 4 nitrogen and oxygen atoms in total. The molecule has 2 aromatic carbocycles. The first-order chi connectivity index (χ1) is 14.7. The number of amides is 1. The number of aliphatic hydroxyl groups excluding tert-OH is 1. The Hall–Kier alpha value is -2.17. The van der Waals surface area contributed by atoms with Crippen molar-refractivity contribution in [1.82, 2.24) is 4.90 Å². The fourth-order valence-electron chi connectivity index (χ4n) is 4.38. The van der Waals surface area contributed by atoms with Crippen LogP contribution in [0.2, 0.25) is 0 Å². The summed E-state index contributed by atoms with van der Waals surface area (Å²) in [6.07, 6.45) is 4.43. The van der Waals surface area contributed by atoms with Gasteiger partial charge in [-0.2, -0.15) is 0 Å². The van der Waals surface area contributed by atoms with Gasteiger partial charge in [-0.1, -0.05) is 67.6 Å². The lowest BCUT2D eigenvalue weighted by molar-refractivity contribution is -0.138. The maximum absolute atomic E-state index is 13.3. The summed E-state index contributed by atoms with van der Waals surface area (Å²) in [6, 6.07) is 20.5. The van der Waals surface area contributed by atoms with Gasteiger partial charge in [0.05, 0.1) is 19.3 Å². The number of hydrogen-bond donors (Lipinski definition) is 1. The molecule has 0 spiro atoms. The first-order valence-electron chi connectivity index (χ1n) is 11.2. The topological polar surface area (TPSA) is 49.8 Å². The molecular weight excluding hydrogens is 374 g/mol. The Balaban J connectivity index is 1.57. The highest BCUT2D eigenvalue weighted by Gasteiger charge is 2.33. The first-order valence-corrected chi connectivity index (χ1v) is 11.2. The molecule has 2 aromatic rings. The third-order valence-corrected chi connectivity index (χ3v) is 6.05. The molecule has 1 fully saturated rings. The predicted molar refractivity (Wildman–Crippen MR) is 120 cm³/mol. The van der Waals surface area contributed by atoms with Crippen LogP contribution in [0, 0.1) is 11.8 Å². The smallest absolute Gasteiger partial charge is 0.226 e. The maximum Gasteiger partial charge on any atom is 0.226 e. The number of nitrogens with zero attached hydrogens (tertiary/aromatic N) is 1. The Morgan fingerprint density at radius 1 is 1.10 bits per heavy atom. The predicted octanol–water partition coefficient (Wildman–Crippen LogP) is 4.46. The molecule has 1 saturated heterocycles. The van der Waals surface area contributed by atoms with E-state index in [1.165, 1.54) is 11.1 Å². The van der Waals surface area contributed by atoms with Crippen molar-refractivity contribution in [3.63, 3.8) is 0 Å². The Labute approximate surface area is 180 Å². The number of ether oxygens (including phenoxy) is 1. The zero-order valence-electron chi connectivity index (χ0n) is 18.1. The van der Waals surface area contributed by atoms with Crippen molar-refractivity contribution in [2.24, 2.45) is 11.8 Å². The minimum atomic E-state index is -0.0346. The molecule has 1 amide bonds. The number of aliphatic hydroxyl groups is 1. The van der Waals surface area contributed by atoms with Crippen LogP contribution < -0.4 is 0 Å². The van der Waals surface area contributed by atoms with Gasteiger partial charge in [0, 0.05) is 19.1 Å². The quantitative estimate of drug-likeness (QED) is 0.596. The van der Waals surface area contributed by atoms with Crippen molar-refractivity contribution in [2.75, 3.05) is 19.8 Å². The molecule has 1 aliphatic rings. The summed E-state index contributed by atoms with van der Waals surface area (Å²) in [6.45, 7) is 4.25. The number of likely N-dealkylation sites (tertiary alicyclic amines) is 1. The minimum absolute atomic E-state index is 0.0126. The lowest BCUT2D eigenvalue weighted by atomic mass is 9.89. The average Bonchev–Trinajstić information content (AvgIpc) is 3.26. The van der Waals surface area contributed by atoms with Crippen LogP contribution in [-0.4, -0.2) is 41.7 Å². The first kappa shape index (κ1) is 22.5. The van der Waals surface area contributed by atoms with Gasteiger partial charge in [0.25, 0.3) is 0 Å². The zero-order chi connectivity index (χ0) is 21.2. The van der Waals surface area contributed by atoms with Crippen LogP contribution in [0.4, 0.5) is 0 Å². The number of aryl methyl sites for hydroxylation is 1. The lowest BCUT2D eigenvalue weighted by Crippen LogP contribution is -2.42. The van der Waals surface area contributed by atoms with Crippen molar-refractivity contribution >= 4 is 5.91 Å². The second-order valence-corrected chi connectivity index (χ2v) is 8.57. The summed E-state index contributed by atoms with van der Waals surface area (Å²) in [4.78, 5) is 15.3. The molecule has 0 bridgehead atoms. The summed E-state index contributed by atoms with van der Waals surface area (Å²) >= 11 is 0. The van der Waals surface area contributed by atoms with Gasteiger partial charge in [-0.25, -0.2) is 0 Å². The number of carbonyl (C=O) groups excluding carboxylic acids is 1.